The summed E-state index contributed by atoms with van der Waals surface area (Å²) in [6.07, 6.45) is -1.06. The molecule has 1 atom stereocenters. The Hall–Kier alpha value is -2.51. The van der Waals surface area contributed by atoms with E-state index in [1.807, 2.05) is 0 Å². The van der Waals surface area contributed by atoms with Crippen LogP contribution in [0.25, 0.3) is 0 Å². The summed E-state index contributed by atoms with van der Waals surface area (Å²) in [6.45, 7) is -0.182. The largest absolute Gasteiger partial charge is 0.387 e. The number of non-ortho nitro benzene ring substituents is 1. The third-order valence-electron chi connectivity index (χ3n) is 3.13. The fraction of sp³-hybridized carbons (Fsp3) is 0.133. The Morgan fingerprint density at radius 1 is 1.35 bits per heavy atom. The molecule has 2 aromatic rings. The third-order valence-corrected chi connectivity index (χ3v) is 3.47. The van der Waals surface area contributed by atoms with E-state index in [9.17, 15) is 24.4 Å². The number of aliphatic hydroxyl groups is 1. The number of benzene rings is 2. The summed E-state index contributed by atoms with van der Waals surface area (Å²) in [6, 6.07) is 9.29. The zero-order valence-corrected chi connectivity index (χ0v) is 12.5. The Labute approximate surface area is 135 Å². The lowest BCUT2D eigenvalue weighted by Gasteiger charge is -2.13. The summed E-state index contributed by atoms with van der Waals surface area (Å²) in [5.41, 5.74) is -0.365. The fourth-order valence-electron chi connectivity index (χ4n) is 1.94. The normalized spacial score (nSPS) is 11.8. The third kappa shape index (κ3) is 4.02. The van der Waals surface area contributed by atoms with Crippen LogP contribution in [-0.2, 0) is 0 Å². The summed E-state index contributed by atoms with van der Waals surface area (Å²) in [7, 11) is 0. The molecule has 1 unspecified atom stereocenters. The zero-order valence-electron chi connectivity index (χ0n) is 11.7. The first-order valence-electron chi connectivity index (χ1n) is 6.54. The van der Waals surface area contributed by atoms with Crippen LogP contribution in [0.4, 0.5) is 10.1 Å². The standard InChI is InChI=1S/C15H12ClFN2O4/c16-12-4-2-1-3-10(12)14(20)8-18-15(21)11-6-5-9(19(22)23)7-13(11)17/h1-7,14,20H,8H2,(H,18,21). The number of carbonyl (C=O) groups is 1. The SMILES string of the molecule is O=C(NCC(O)c1ccccc1Cl)c1ccc([N+](=O)[O-])cc1F. The Balaban J connectivity index is 2.05. The molecule has 6 nitrogen and oxygen atoms in total. The Morgan fingerprint density at radius 3 is 2.65 bits per heavy atom. The summed E-state index contributed by atoms with van der Waals surface area (Å²) in [4.78, 5) is 21.7. The van der Waals surface area contributed by atoms with Gasteiger partial charge in [0.25, 0.3) is 11.6 Å². The molecule has 0 bridgehead atoms. The molecule has 23 heavy (non-hydrogen) atoms. The number of hydrogen-bond donors (Lipinski definition) is 2. The first-order valence-corrected chi connectivity index (χ1v) is 6.92. The van der Waals surface area contributed by atoms with Gasteiger partial charge in [0.15, 0.2) is 0 Å². The highest BCUT2D eigenvalue weighted by molar-refractivity contribution is 6.31. The van der Waals surface area contributed by atoms with E-state index >= 15 is 0 Å². The molecular weight excluding hydrogens is 327 g/mol. The van der Waals surface area contributed by atoms with Gasteiger partial charge in [-0.05, 0) is 12.1 Å². The number of hydrogen-bond acceptors (Lipinski definition) is 4. The summed E-state index contributed by atoms with van der Waals surface area (Å²) in [5, 5.41) is 23.2. The topological polar surface area (TPSA) is 92.5 Å². The average Bonchev–Trinajstić information content (AvgIpc) is 2.52. The molecule has 2 rings (SSSR count). The summed E-state index contributed by atoms with van der Waals surface area (Å²) in [5.74, 6) is -1.80. The zero-order chi connectivity index (χ0) is 17.0. The van der Waals surface area contributed by atoms with Crippen molar-refractivity contribution in [3.8, 4) is 0 Å². The first kappa shape index (κ1) is 16.9. The maximum atomic E-state index is 13.7. The molecule has 0 fully saturated rings. The van der Waals surface area contributed by atoms with Gasteiger partial charge >= 0.3 is 0 Å². The maximum absolute atomic E-state index is 13.7. The number of nitro groups is 1. The molecule has 120 valence electrons. The minimum Gasteiger partial charge on any atom is -0.387 e. The number of halogens is 2. The molecule has 0 saturated heterocycles. The van der Waals surface area contributed by atoms with Crippen molar-refractivity contribution in [2.45, 2.75) is 6.10 Å². The number of aliphatic hydroxyl groups excluding tert-OH is 1. The van der Waals surface area contributed by atoms with Crippen LogP contribution >= 0.6 is 11.6 Å². The Bertz CT molecular complexity index is 754. The summed E-state index contributed by atoms with van der Waals surface area (Å²) < 4.78 is 13.7. The van der Waals surface area contributed by atoms with E-state index in [1.165, 1.54) is 0 Å². The molecule has 2 N–H and O–H groups in total. The van der Waals surface area contributed by atoms with Crippen molar-refractivity contribution in [2.75, 3.05) is 6.54 Å². The number of nitrogens with one attached hydrogen (secondary N) is 1. The van der Waals surface area contributed by atoms with Crippen molar-refractivity contribution in [2.24, 2.45) is 0 Å². The van der Waals surface area contributed by atoms with Crippen molar-refractivity contribution < 1.29 is 19.2 Å². The highest BCUT2D eigenvalue weighted by Crippen LogP contribution is 2.22. The van der Waals surface area contributed by atoms with Gasteiger partial charge in [-0.15, -0.1) is 0 Å². The van der Waals surface area contributed by atoms with E-state index < -0.39 is 28.4 Å². The first-order chi connectivity index (χ1) is 10.9. The second-order valence-corrected chi connectivity index (χ2v) is 5.08. The molecule has 0 radical (unpaired) electrons. The molecule has 8 heteroatoms. The van der Waals surface area contributed by atoms with Crippen LogP contribution in [0.1, 0.15) is 22.0 Å². The van der Waals surface area contributed by atoms with Gasteiger partial charge in [0.2, 0.25) is 0 Å². The van der Waals surface area contributed by atoms with Crippen LogP contribution in [0.15, 0.2) is 42.5 Å². The second kappa shape index (κ2) is 7.17. The predicted molar refractivity (Wildman–Crippen MR) is 81.8 cm³/mol. The monoisotopic (exact) mass is 338 g/mol. The number of nitro benzene ring substituents is 1. The van der Waals surface area contributed by atoms with Crippen molar-refractivity contribution in [1.29, 1.82) is 0 Å². The van der Waals surface area contributed by atoms with Crippen LogP contribution in [0, 0.1) is 15.9 Å². The molecule has 0 saturated carbocycles. The van der Waals surface area contributed by atoms with Gasteiger partial charge in [0, 0.05) is 23.2 Å². The smallest absolute Gasteiger partial charge is 0.272 e. The second-order valence-electron chi connectivity index (χ2n) is 4.67. The average molecular weight is 339 g/mol. The number of amides is 1. The van der Waals surface area contributed by atoms with Gasteiger partial charge in [-0.1, -0.05) is 29.8 Å². The van der Waals surface area contributed by atoms with Crippen molar-refractivity contribution in [1.82, 2.24) is 5.32 Å². The molecule has 0 aliphatic rings. The fourth-order valence-corrected chi connectivity index (χ4v) is 2.20. The number of rotatable bonds is 5. The minimum atomic E-state index is -1.06. The van der Waals surface area contributed by atoms with Gasteiger partial charge in [-0.2, -0.15) is 0 Å². The van der Waals surface area contributed by atoms with Crippen LogP contribution in [0.5, 0.6) is 0 Å². The van der Waals surface area contributed by atoms with E-state index in [4.69, 9.17) is 11.6 Å². The van der Waals surface area contributed by atoms with Crippen LogP contribution in [0.3, 0.4) is 0 Å². The molecule has 0 heterocycles. The van der Waals surface area contributed by atoms with Crippen LogP contribution in [0.2, 0.25) is 5.02 Å². The summed E-state index contributed by atoms with van der Waals surface area (Å²) >= 11 is 5.93. The predicted octanol–water partition coefficient (Wildman–Crippen LogP) is 2.85. The molecule has 0 spiro atoms. The van der Waals surface area contributed by atoms with E-state index in [-0.39, 0.29) is 12.1 Å². The molecule has 1 amide bonds. The minimum absolute atomic E-state index is 0.182. The van der Waals surface area contributed by atoms with E-state index in [0.29, 0.717) is 16.7 Å². The van der Waals surface area contributed by atoms with E-state index in [0.717, 1.165) is 12.1 Å². The number of nitrogens with zero attached hydrogens (tertiary/aromatic N) is 1. The lowest BCUT2D eigenvalue weighted by atomic mass is 10.1. The van der Waals surface area contributed by atoms with Gasteiger partial charge in [-0.25, -0.2) is 4.39 Å². The van der Waals surface area contributed by atoms with Gasteiger partial charge in [0.05, 0.1) is 22.7 Å². The highest BCUT2D eigenvalue weighted by Gasteiger charge is 2.18. The van der Waals surface area contributed by atoms with Crippen LogP contribution < -0.4 is 5.32 Å². The lowest BCUT2D eigenvalue weighted by molar-refractivity contribution is -0.385. The molecule has 0 aliphatic carbocycles. The van der Waals surface area contributed by atoms with E-state index in [2.05, 4.69) is 5.32 Å². The van der Waals surface area contributed by atoms with Gasteiger partial charge < -0.3 is 10.4 Å². The van der Waals surface area contributed by atoms with Gasteiger partial charge in [-0.3, -0.25) is 14.9 Å². The van der Waals surface area contributed by atoms with Crippen molar-refractivity contribution >= 4 is 23.2 Å². The number of carbonyl (C=O) groups excluding carboxylic acids is 1. The Kier molecular flexibility index (Phi) is 5.25. The molecular formula is C15H12ClFN2O4. The quantitative estimate of drug-likeness (QED) is 0.647. The Morgan fingerprint density at radius 2 is 2.04 bits per heavy atom. The van der Waals surface area contributed by atoms with Gasteiger partial charge in [0.1, 0.15) is 5.82 Å². The maximum Gasteiger partial charge on any atom is 0.272 e. The van der Waals surface area contributed by atoms with Crippen LogP contribution in [-0.4, -0.2) is 22.5 Å². The van der Waals surface area contributed by atoms with E-state index in [1.54, 1.807) is 24.3 Å². The van der Waals surface area contributed by atoms with Crippen molar-refractivity contribution in [3.63, 3.8) is 0 Å². The molecule has 2 aromatic carbocycles. The molecule has 0 aromatic heterocycles. The lowest BCUT2D eigenvalue weighted by Crippen LogP contribution is -2.29. The van der Waals surface area contributed by atoms with Crippen molar-refractivity contribution in [3.05, 3.63) is 74.5 Å². The highest BCUT2D eigenvalue weighted by atomic mass is 35.5. The molecule has 0 aliphatic heterocycles.